The van der Waals surface area contributed by atoms with Crippen molar-refractivity contribution in [1.82, 2.24) is 15.5 Å². The van der Waals surface area contributed by atoms with Crippen LogP contribution in [0.4, 0.5) is 0 Å². The quantitative estimate of drug-likeness (QED) is 0.400. The van der Waals surface area contributed by atoms with Gasteiger partial charge in [0.1, 0.15) is 0 Å². The fourth-order valence-electron chi connectivity index (χ4n) is 3.04. The molecule has 0 atom stereocenters. The van der Waals surface area contributed by atoms with Crippen molar-refractivity contribution in [2.45, 2.75) is 26.4 Å². The first-order valence-corrected chi connectivity index (χ1v) is 9.41. The van der Waals surface area contributed by atoms with E-state index >= 15 is 0 Å². The zero-order chi connectivity index (χ0) is 16.8. The summed E-state index contributed by atoms with van der Waals surface area (Å²) in [6.45, 7) is 7.13. The lowest BCUT2D eigenvalue weighted by atomic mass is 10.1. The number of fused-ring (bicyclic) bond motifs is 1. The predicted molar refractivity (Wildman–Crippen MR) is 118 cm³/mol. The van der Waals surface area contributed by atoms with E-state index in [1.807, 2.05) is 18.4 Å². The van der Waals surface area contributed by atoms with Crippen molar-refractivity contribution in [1.29, 1.82) is 0 Å². The van der Waals surface area contributed by atoms with Crippen LogP contribution in [-0.2, 0) is 19.5 Å². The Morgan fingerprint density at radius 3 is 2.88 bits per heavy atom. The first-order chi connectivity index (χ1) is 11.8. The van der Waals surface area contributed by atoms with Crippen LogP contribution in [0, 0.1) is 6.92 Å². The van der Waals surface area contributed by atoms with Gasteiger partial charge in [-0.3, -0.25) is 9.89 Å². The standard InChI is InChI=1S/C19H26N4S.HI/c1-15-5-3-4-6-16(15)13-22-19(20-2)21-9-11-23-10-7-18-17(14-23)8-12-24-18;/h3-6,8,12H,7,9-11,13-14H2,1-2H3,(H2,20,21,22);1H. The van der Waals surface area contributed by atoms with Crippen molar-refractivity contribution in [3.05, 3.63) is 57.3 Å². The monoisotopic (exact) mass is 470 g/mol. The molecule has 0 unspecified atom stereocenters. The van der Waals surface area contributed by atoms with Crippen LogP contribution >= 0.6 is 35.3 Å². The zero-order valence-corrected chi connectivity index (χ0v) is 18.1. The summed E-state index contributed by atoms with van der Waals surface area (Å²) < 4.78 is 0. The van der Waals surface area contributed by atoms with E-state index in [-0.39, 0.29) is 24.0 Å². The van der Waals surface area contributed by atoms with Crippen molar-refractivity contribution in [2.24, 2.45) is 4.99 Å². The summed E-state index contributed by atoms with van der Waals surface area (Å²) in [5, 5.41) is 9.03. The molecule has 0 amide bonds. The molecule has 1 aromatic heterocycles. The summed E-state index contributed by atoms with van der Waals surface area (Å²) in [6.07, 6.45) is 1.19. The van der Waals surface area contributed by atoms with Gasteiger partial charge in [0.2, 0.25) is 0 Å². The molecule has 2 N–H and O–H groups in total. The highest BCUT2D eigenvalue weighted by Crippen LogP contribution is 2.23. The maximum absolute atomic E-state index is 4.32. The van der Waals surface area contributed by atoms with Crippen LogP contribution in [-0.4, -0.2) is 37.5 Å². The van der Waals surface area contributed by atoms with Gasteiger partial charge in [0.05, 0.1) is 0 Å². The Hall–Kier alpha value is -1.12. The zero-order valence-electron chi connectivity index (χ0n) is 14.9. The first-order valence-electron chi connectivity index (χ1n) is 8.53. The van der Waals surface area contributed by atoms with Crippen LogP contribution in [0.3, 0.4) is 0 Å². The number of aryl methyl sites for hydroxylation is 1. The molecule has 0 fully saturated rings. The molecule has 2 heterocycles. The Morgan fingerprint density at radius 1 is 1.24 bits per heavy atom. The highest BCUT2D eigenvalue weighted by Gasteiger charge is 2.16. The Labute approximate surface area is 171 Å². The summed E-state index contributed by atoms with van der Waals surface area (Å²) in [5.74, 6) is 0.867. The largest absolute Gasteiger partial charge is 0.355 e. The molecule has 0 aliphatic carbocycles. The third-order valence-electron chi connectivity index (χ3n) is 4.54. The fraction of sp³-hybridized carbons (Fsp3) is 0.421. The van der Waals surface area contributed by atoms with Crippen LogP contribution in [0.1, 0.15) is 21.6 Å². The SMILES string of the molecule is CN=C(NCCN1CCc2sccc2C1)NCc1ccccc1C.I. The molecule has 0 bridgehead atoms. The molecule has 0 spiro atoms. The number of hydrogen-bond donors (Lipinski definition) is 2. The average Bonchev–Trinajstić information content (AvgIpc) is 3.07. The minimum Gasteiger partial charge on any atom is -0.355 e. The van der Waals surface area contributed by atoms with Gasteiger partial charge < -0.3 is 10.6 Å². The van der Waals surface area contributed by atoms with Crippen molar-refractivity contribution >= 4 is 41.3 Å². The van der Waals surface area contributed by atoms with Gasteiger partial charge in [-0.1, -0.05) is 24.3 Å². The number of rotatable bonds is 5. The molecule has 0 radical (unpaired) electrons. The Morgan fingerprint density at radius 2 is 2.08 bits per heavy atom. The van der Waals surface area contributed by atoms with Gasteiger partial charge in [-0.25, -0.2) is 0 Å². The number of halogens is 1. The third-order valence-corrected chi connectivity index (χ3v) is 5.56. The summed E-state index contributed by atoms with van der Waals surface area (Å²) >= 11 is 1.89. The molecule has 1 aromatic carbocycles. The number of thiophene rings is 1. The lowest BCUT2D eigenvalue weighted by Crippen LogP contribution is -2.42. The van der Waals surface area contributed by atoms with Gasteiger partial charge in [0.15, 0.2) is 5.96 Å². The smallest absolute Gasteiger partial charge is 0.191 e. The van der Waals surface area contributed by atoms with E-state index in [1.165, 1.54) is 23.1 Å². The van der Waals surface area contributed by atoms with Crippen LogP contribution in [0.15, 0.2) is 40.7 Å². The second-order valence-electron chi connectivity index (χ2n) is 6.17. The Kier molecular flexibility index (Phi) is 8.18. The van der Waals surface area contributed by atoms with E-state index in [9.17, 15) is 0 Å². The summed E-state index contributed by atoms with van der Waals surface area (Å²) in [4.78, 5) is 8.40. The minimum absolute atomic E-state index is 0. The number of nitrogens with one attached hydrogen (secondary N) is 2. The Balaban J connectivity index is 0.00000225. The number of aliphatic imine (C=N–C) groups is 1. The highest BCUT2D eigenvalue weighted by molar-refractivity contribution is 14.0. The molecule has 0 saturated heterocycles. The number of hydrogen-bond acceptors (Lipinski definition) is 3. The van der Waals surface area contributed by atoms with Crippen LogP contribution in [0.2, 0.25) is 0 Å². The van der Waals surface area contributed by atoms with Crippen LogP contribution in [0.25, 0.3) is 0 Å². The molecule has 25 heavy (non-hydrogen) atoms. The van der Waals surface area contributed by atoms with Gasteiger partial charge in [0.25, 0.3) is 0 Å². The lowest BCUT2D eigenvalue weighted by molar-refractivity contribution is 0.260. The third kappa shape index (κ3) is 5.69. The second-order valence-corrected chi connectivity index (χ2v) is 7.17. The van der Waals surface area contributed by atoms with Crippen LogP contribution < -0.4 is 10.6 Å². The van der Waals surface area contributed by atoms with E-state index in [2.05, 4.69) is 63.2 Å². The summed E-state index contributed by atoms with van der Waals surface area (Å²) in [5.41, 5.74) is 4.12. The average molecular weight is 470 g/mol. The van der Waals surface area contributed by atoms with Gasteiger partial charge in [-0.05, 0) is 41.5 Å². The van der Waals surface area contributed by atoms with E-state index in [0.29, 0.717) is 0 Å². The van der Waals surface area contributed by atoms with Crippen molar-refractivity contribution in [3.8, 4) is 0 Å². The molecular weight excluding hydrogens is 443 g/mol. The number of benzene rings is 1. The van der Waals surface area contributed by atoms with Crippen molar-refractivity contribution in [3.63, 3.8) is 0 Å². The van der Waals surface area contributed by atoms with Gasteiger partial charge >= 0.3 is 0 Å². The van der Waals surface area contributed by atoms with Gasteiger partial charge in [0, 0.05) is 44.6 Å². The molecule has 3 rings (SSSR count). The maximum Gasteiger partial charge on any atom is 0.191 e. The summed E-state index contributed by atoms with van der Waals surface area (Å²) in [6, 6.07) is 10.7. The normalized spacial score (nSPS) is 14.6. The van der Waals surface area contributed by atoms with E-state index in [0.717, 1.165) is 38.7 Å². The predicted octanol–water partition coefficient (Wildman–Crippen LogP) is 3.40. The molecular formula is C19H27IN4S. The summed E-state index contributed by atoms with van der Waals surface area (Å²) in [7, 11) is 1.83. The first kappa shape index (κ1) is 20.2. The minimum atomic E-state index is 0. The molecule has 1 aliphatic heterocycles. The topological polar surface area (TPSA) is 39.7 Å². The van der Waals surface area contributed by atoms with Gasteiger partial charge in [-0.2, -0.15) is 0 Å². The molecule has 4 nitrogen and oxygen atoms in total. The molecule has 6 heteroatoms. The van der Waals surface area contributed by atoms with Gasteiger partial charge in [-0.15, -0.1) is 35.3 Å². The maximum atomic E-state index is 4.32. The van der Waals surface area contributed by atoms with E-state index < -0.39 is 0 Å². The second kappa shape index (κ2) is 10.1. The lowest BCUT2D eigenvalue weighted by Gasteiger charge is -2.27. The number of nitrogens with zero attached hydrogens (tertiary/aromatic N) is 2. The molecule has 136 valence electrons. The molecule has 2 aromatic rings. The van der Waals surface area contributed by atoms with Crippen molar-refractivity contribution in [2.75, 3.05) is 26.7 Å². The highest BCUT2D eigenvalue weighted by atomic mass is 127. The fourth-order valence-corrected chi connectivity index (χ4v) is 3.93. The van der Waals surface area contributed by atoms with Crippen molar-refractivity contribution < 1.29 is 0 Å². The van der Waals surface area contributed by atoms with E-state index in [4.69, 9.17) is 0 Å². The Bertz CT molecular complexity index is 698. The molecule has 1 aliphatic rings. The van der Waals surface area contributed by atoms with E-state index in [1.54, 1.807) is 4.88 Å². The van der Waals surface area contributed by atoms with Crippen LogP contribution in [0.5, 0.6) is 0 Å². The molecule has 0 saturated carbocycles. The number of guanidine groups is 1.